The third-order valence-corrected chi connectivity index (χ3v) is 5.76. The van der Waals surface area contributed by atoms with Crippen LogP contribution in [0.25, 0.3) is 0 Å². The number of amides is 2. The summed E-state index contributed by atoms with van der Waals surface area (Å²) < 4.78 is 20.1. The number of pyridine rings is 1. The quantitative estimate of drug-likeness (QED) is 0.359. The number of anilines is 4. The molecule has 1 aliphatic carbocycles. The van der Waals surface area contributed by atoms with Gasteiger partial charge in [-0.25, -0.2) is 24.1 Å². The molecule has 0 bridgehead atoms. The standard InChI is InChI=1S/C21H27FN8O4/c1-11(26-21(32)33)16(12-2-3-12)28-19-15(22)8-14(17(23)31)18(29-19)27-13-9-24-20(25-10-13)30-4-6-34-7-5-30/h8-12,16,26H,2-7H2,1H3,(H2,23,31)(H,32,33)(H2,27,28,29)/t11-,16-/m0/s1. The molecule has 1 saturated carbocycles. The second-order valence-electron chi connectivity index (χ2n) is 8.32. The third-order valence-electron chi connectivity index (χ3n) is 5.76. The monoisotopic (exact) mass is 474 g/mol. The van der Waals surface area contributed by atoms with Gasteiger partial charge in [-0.1, -0.05) is 0 Å². The van der Waals surface area contributed by atoms with E-state index in [0.717, 1.165) is 18.9 Å². The van der Waals surface area contributed by atoms with Crippen LogP contribution in [-0.4, -0.2) is 70.4 Å². The Morgan fingerprint density at radius 2 is 1.91 bits per heavy atom. The number of rotatable bonds is 9. The number of halogens is 1. The molecular formula is C21H27FN8O4. The second kappa shape index (κ2) is 10.0. The van der Waals surface area contributed by atoms with Gasteiger partial charge in [0.25, 0.3) is 5.91 Å². The van der Waals surface area contributed by atoms with E-state index in [4.69, 9.17) is 15.6 Å². The van der Waals surface area contributed by atoms with Gasteiger partial charge < -0.3 is 36.4 Å². The van der Waals surface area contributed by atoms with E-state index in [1.165, 1.54) is 12.4 Å². The fourth-order valence-corrected chi connectivity index (χ4v) is 3.87. The van der Waals surface area contributed by atoms with Crippen LogP contribution in [0.3, 0.4) is 0 Å². The lowest BCUT2D eigenvalue weighted by Gasteiger charge is -2.26. The summed E-state index contributed by atoms with van der Waals surface area (Å²) in [5, 5.41) is 17.4. The van der Waals surface area contributed by atoms with Crippen molar-refractivity contribution >= 4 is 35.3 Å². The van der Waals surface area contributed by atoms with Gasteiger partial charge in [-0.3, -0.25) is 4.79 Å². The first-order valence-electron chi connectivity index (χ1n) is 11.0. The summed E-state index contributed by atoms with van der Waals surface area (Å²) >= 11 is 0. The van der Waals surface area contributed by atoms with Crippen molar-refractivity contribution in [2.24, 2.45) is 11.7 Å². The van der Waals surface area contributed by atoms with Gasteiger partial charge >= 0.3 is 6.09 Å². The van der Waals surface area contributed by atoms with Crippen LogP contribution in [0.4, 0.5) is 32.5 Å². The minimum Gasteiger partial charge on any atom is -0.465 e. The minimum atomic E-state index is -1.17. The van der Waals surface area contributed by atoms with E-state index in [0.29, 0.717) is 37.9 Å². The van der Waals surface area contributed by atoms with Crippen molar-refractivity contribution in [3.63, 3.8) is 0 Å². The van der Waals surface area contributed by atoms with Crippen molar-refractivity contribution < 1.29 is 23.8 Å². The number of nitrogens with two attached hydrogens (primary N) is 1. The summed E-state index contributed by atoms with van der Waals surface area (Å²) in [5.41, 5.74) is 5.74. The Hall–Kier alpha value is -3.74. The number of hydrogen-bond donors (Lipinski definition) is 5. The first kappa shape index (κ1) is 23.4. The van der Waals surface area contributed by atoms with Gasteiger partial charge in [-0.15, -0.1) is 0 Å². The zero-order valence-electron chi connectivity index (χ0n) is 18.6. The van der Waals surface area contributed by atoms with E-state index in [-0.39, 0.29) is 29.2 Å². The molecule has 12 nitrogen and oxygen atoms in total. The number of primary amides is 1. The molecule has 182 valence electrons. The lowest BCUT2D eigenvalue weighted by atomic mass is 10.0. The molecule has 2 fully saturated rings. The number of carbonyl (C=O) groups excluding carboxylic acids is 1. The molecule has 2 aromatic heterocycles. The number of ether oxygens (including phenoxy) is 1. The van der Waals surface area contributed by atoms with E-state index >= 15 is 0 Å². The molecule has 0 spiro atoms. The summed E-state index contributed by atoms with van der Waals surface area (Å²) in [6, 6.07) is 0.142. The van der Waals surface area contributed by atoms with Crippen LogP contribution < -0.4 is 26.6 Å². The van der Waals surface area contributed by atoms with Crippen LogP contribution in [0.5, 0.6) is 0 Å². The molecule has 13 heteroatoms. The zero-order valence-corrected chi connectivity index (χ0v) is 18.6. The summed E-state index contributed by atoms with van der Waals surface area (Å²) in [6.07, 6.45) is 3.68. The molecule has 6 N–H and O–H groups in total. The van der Waals surface area contributed by atoms with Gasteiger partial charge in [0, 0.05) is 19.1 Å². The molecular weight excluding hydrogens is 447 g/mol. The third kappa shape index (κ3) is 5.60. The number of nitrogens with one attached hydrogen (secondary N) is 3. The van der Waals surface area contributed by atoms with Crippen LogP contribution in [0.1, 0.15) is 30.1 Å². The molecule has 3 heterocycles. The van der Waals surface area contributed by atoms with E-state index < -0.39 is 23.9 Å². The molecule has 2 atom stereocenters. The van der Waals surface area contributed by atoms with Gasteiger partial charge in [-0.2, -0.15) is 0 Å². The number of carboxylic acid groups (broad SMARTS) is 1. The Morgan fingerprint density at radius 1 is 1.24 bits per heavy atom. The number of morpholine rings is 1. The molecule has 1 aliphatic heterocycles. The van der Waals surface area contributed by atoms with E-state index in [2.05, 4.69) is 30.9 Å². The van der Waals surface area contributed by atoms with Crippen molar-refractivity contribution in [1.82, 2.24) is 20.3 Å². The van der Waals surface area contributed by atoms with Crippen LogP contribution in [-0.2, 0) is 4.74 Å². The Labute approximate surface area is 195 Å². The lowest BCUT2D eigenvalue weighted by molar-refractivity contribution is 0.1000. The topological polar surface area (TPSA) is 168 Å². The highest BCUT2D eigenvalue weighted by atomic mass is 19.1. The SMILES string of the molecule is C[C@H](NC(=O)O)[C@H](Nc1nc(Nc2cnc(N3CCOCC3)nc2)c(C(N)=O)cc1F)C1CC1. The summed E-state index contributed by atoms with van der Waals surface area (Å²) in [7, 11) is 0. The molecule has 0 unspecified atom stereocenters. The summed E-state index contributed by atoms with van der Waals surface area (Å²) in [6.45, 7) is 4.27. The molecule has 2 aromatic rings. The van der Waals surface area contributed by atoms with Crippen molar-refractivity contribution in [3.05, 3.63) is 29.8 Å². The van der Waals surface area contributed by atoms with Crippen molar-refractivity contribution in [2.45, 2.75) is 31.8 Å². The second-order valence-corrected chi connectivity index (χ2v) is 8.32. The maximum atomic E-state index is 14.8. The molecule has 2 amide bonds. The van der Waals surface area contributed by atoms with Gasteiger partial charge in [0.15, 0.2) is 11.6 Å². The Morgan fingerprint density at radius 3 is 2.50 bits per heavy atom. The summed E-state index contributed by atoms with van der Waals surface area (Å²) in [5.74, 6) is -0.985. The minimum absolute atomic E-state index is 0.0347. The fourth-order valence-electron chi connectivity index (χ4n) is 3.87. The van der Waals surface area contributed by atoms with Crippen LogP contribution >= 0.6 is 0 Å². The van der Waals surface area contributed by atoms with Crippen molar-refractivity contribution in [3.8, 4) is 0 Å². The van der Waals surface area contributed by atoms with Crippen LogP contribution in [0.2, 0.25) is 0 Å². The molecule has 34 heavy (non-hydrogen) atoms. The maximum absolute atomic E-state index is 14.8. The Balaban J connectivity index is 1.56. The van der Waals surface area contributed by atoms with Crippen molar-refractivity contribution in [2.75, 3.05) is 41.8 Å². The molecule has 0 aromatic carbocycles. The predicted molar refractivity (Wildman–Crippen MR) is 122 cm³/mol. The van der Waals surface area contributed by atoms with Crippen LogP contribution in [0.15, 0.2) is 18.5 Å². The number of carbonyl (C=O) groups is 2. The van der Waals surface area contributed by atoms with Gasteiger partial charge in [-0.05, 0) is 31.7 Å². The average Bonchev–Trinajstić information content (AvgIpc) is 3.64. The smallest absolute Gasteiger partial charge is 0.404 e. The highest BCUT2D eigenvalue weighted by Gasteiger charge is 2.36. The molecule has 1 saturated heterocycles. The fraction of sp³-hybridized carbons (Fsp3) is 0.476. The highest BCUT2D eigenvalue weighted by molar-refractivity contribution is 5.98. The molecule has 2 aliphatic rings. The molecule has 4 rings (SSSR count). The first-order chi connectivity index (χ1) is 16.3. The van der Waals surface area contributed by atoms with Gasteiger partial charge in [0.2, 0.25) is 5.95 Å². The largest absolute Gasteiger partial charge is 0.465 e. The maximum Gasteiger partial charge on any atom is 0.404 e. The van der Waals surface area contributed by atoms with Gasteiger partial charge in [0.05, 0.1) is 42.9 Å². The van der Waals surface area contributed by atoms with Gasteiger partial charge in [0.1, 0.15) is 5.82 Å². The summed E-state index contributed by atoms with van der Waals surface area (Å²) in [4.78, 5) is 37.9. The van der Waals surface area contributed by atoms with E-state index in [1.54, 1.807) is 6.92 Å². The number of nitrogens with zero attached hydrogens (tertiary/aromatic N) is 4. The zero-order chi connectivity index (χ0) is 24.2. The first-order valence-corrected chi connectivity index (χ1v) is 11.0. The average molecular weight is 474 g/mol. The van der Waals surface area contributed by atoms with Crippen molar-refractivity contribution in [1.29, 1.82) is 0 Å². The molecule has 0 radical (unpaired) electrons. The van der Waals surface area contributed by atoms with E-state index in [1.807, 2.05) is 4.90 Å². The number of aromatic nitrogens is 3. The predicted octanol–water partition coefficient (Wildman–Crippen LogP) is 1.54. The lowest BCUT2D eigenvalue weighted by Crippen LogP contribution is -2.45. The Bertz CT molecular complexity index is 1040. The normalized spacial score (nSPS) is 17.5. The highest BCUT2D eigenvalue weighted by Crippen LogP contribution is 2.36. The number of hydrogen-bond acceptors (Lipinski definition) is 9. The Kier molecular flexibility index (Phi) is 6.91. The van der Waals surface area contributed by atoms with Crippen LogP contribution in [0, 0.1) is 11.7 Å². The van der Waals surface area contributed by atoms with E-state index in [9.17, 15) is 14.0 Å².